The van der Waals surface area contributed by atoms with Crippen LogP contribution < -0.4 is 0 Å². The highest BCUT2D eigenvalue weighted by Gasteiger charge is 2.65. The van der Waals surface area contributed by atoms with Gasteiger partial charge in [-0.15, -0.1) is 0 Å². The molecular formula is C19H24O4. The zero-order valence-electron chi connectivity index (χ0n) is 14.2. The van der Waals surface area contributed by atoms with E-state index in [1.807, 2.05) is 6.92 Å². The fourth-order valence-corrected chi connectivity index (χ4v) is 5.48. The van der Waals surface area contributed by atoms with Gasteiger partial charge in [0.05, 0.1) is 5.41 Å². The highest BCUT2D eigenvalue weighted by atomic mass is 16.6. The van der Waals surface area contributed by atoms with Gasteiger partial charge in [0.25, 0.3) is 0 Å². The van der Waals surface area contributed by atoms with E-state index in [0.29, 0.717) is 0 Å². The number of carbonyl (C=O) groups excluding carboxylic acids is 2. The molecule has 23 heavy (non-hydrogen) atoms. The summed E-state index contributed by atoms with van der Waals surface area (Å²) in [6.07, 6.45) is 6.13. The molecule has 0 aromatic heterocycles. The minimum atomic E-state index is -0.435. The molecule has 4 aliphatic rings. The Hall–Kier alpha value is -1.58. The first-order chi connectivity index (χ1) is 10.8. The van der Waals surface area contributed by atoms with Crippen molar-refractivity contribution in [3.63, 3.8) is 0 Å². The molecule has 4 nitrogen and oxygen atoms in total. The third kappa shape index (κ3) is 1.78. The first-order valence-electron chi connectivity index (χ1n) is 8.63. The number of hydrogen-bond donors (Lipinski definition) is 0. The van der Waals surface area contributed by atoms with Crippen LogP contribution in [0.1, 0.15) is 47.0 Å². The molecule has 5 atom stereocenters. The number of fused-ring (bicyclic) bond motifs is 2. The summed E-state index contributed by atoms with van der Waals surface area (Å²) in [4.78, 5) is 24.7. The largest absolute Gasteiger partial charge is 0.457 e. The van der Waals surface area contributed by atoms with Crippen LogP contribution in [0.5, 0.6) is 0 Å². The lowest BCUT2D eigenvalue weighted by Gasteiger charge is -2.53. The number of hydrogen-bond acceptors (Lipinski definition) is 4. The summed E-state index contributed by atoms with van der Waals surface area (Å²) in [5.41, 5.74) is 1.51. The van der Waals surface area contributed by atoms with E-state index in [0.717, 1.165) is 30.4 Å². The fourth-order valence-electron chi connectivity index (χ4n) is 5.48. The zero-order chi connectivity index (χ0) is 16.6. The third-order valence-electron chi connectivity index (χ3n) is 6.49. The van der Waals surface area contributed by atoms with Gasteiger partial charge in [-0.3, -0.25) is 4.79 Å². The smallest absolute Gasteiger partial charge is 0.331 e. The highest BCUT2D eigenvalue weighted by Crippen LogP contribution is 2.64. The van der Waals surface area contributed by atoms with Crippen LogP contribution in [-0.2, 0) is 19.1 Å². The summed E-state index contributed by atoms with van der Waals surface area (Å²) in [5, 5.41) is 0. The average molecular weight is 316 g/mol. The molecule has 0 aromatic rings. The normalized spacial score (nSPS) is 44.8. The molecule has 0 radical (unpaired) electrons. The topological polar surface area (TPSA) is 52.6 Å². The number of carbonyl (C=O) groups is 2. The van der Waals surface area contributed by atoms with E-state index in [1.54, 1.807) is 6.08 Å². The highest BCUT2D eigenvalue weighted by molar-refractivity contribution is 5.87. The molecule has 4 rings (SSSR count). The lowest BCUT2D eigenvalue weighted by molar-refractivity contribution is -0.148. The van der Waals surface area contributed by atoms with Gasteiger partial charge in [-0.05, 0) is 42.9 Å². The van der Waals surface area contributed by atoms with Crippen LogP contribution in [0.2, 0.25) is 0 Å². The number of cyclic esters (lactones) is 1. The summed E-state index contributed by atoms with van der Waals surface area (Å²) in [6.45, 7) is 8.36. The van der Waals surface area contributed by atoms with Crippen molar-refractivity contribution < 1.29 is 19.1 Å². The molecule has 1 saturated carbocycles. The lowest BCUT2D eigenvalue weighted by Crippen LogP contribution is -2.51. The van der Waals surface area contributed by atoms with Crippen molar-refractivity contribution in [3.8, 4) is 0 Å². The van der Waals surface area contributed by atoms with Crippen LogP contribution in [0.3, 0.4) is 0 Å². The van der Waals surface area contributed by atoms with Gasteiger partial charge < -0.3 is 9.47 Å². The lowest BCUT2D eigenvalue weighted by atomic mass is 9.49. The second kappa shape index (κ2) is 4.49. The first-order valence-corrected chi connectivity index (χ1v) is 8.63. The molecule has 0 amide bonds. The molecule has 0 bridgehead atoms. The van der Waals surface area contributed by atoms with E-state index < -0.39 is 5.41 Å². The summed E-state index contributed by atoms with van der Waals surface area (Å²) < 4.78 is 11.3. The quantitative estimate of drug-likeness (QED) is 0.697. The van der Waals surface area contributed by atoms with Gasteiger partial charge in [-0.25, -0.2) is 4.79 Å². The number of rotatable bonds is 1. The standard InChI is InChI=1S/C19H24O4/c1-10(2)15-11-8-13-16-18(3,12(11)9-14(20)23-15)6-5-7-19(16,4)17(21)22-13/h8-10,13,15-16H,5-7H2,1-4H3/t13-,15-,16+,18-,19+/m1/s1. The van der Waals surface area contributed by atoms with E-state index in [4.69, 9.17) is 9.47 Å². The third-order valence-corrected chi connectivity index (χ3v) is 6.49. The van der Waals surface area contributed by atoms with Gasteiger partial charge >= 0.3 is 11.9 Å². The van der Waals surface area contributed by atoms with Crippen LogP contribution in [0.25, 0.3) is 0 Å². The van der Waals surface area contributed by atoms with Crippen LogP contribution in [0, 0.1) is 22.7 Å². The van der Waals surface area contributed by atoms with Gasteiger partial charge in [0, 0.05) is 17.4 Å². The Labute approximate surface area is 136 Å². The van der Waals surface area contributed by atoms with Gasteiger partial charge in [-0.2, -0.15) is 0 Å². The van der Waals surface area contributed by atoms with Crippen LogP contribution in [0.15, 0.2) is 23.3 Å². The van der Waals surface area contributed by atoms with Crippen molar-refractivity contribution >= 4 is 11.9 Å². The maximum Gasteiger partial charge on any atom is 0.331 e. The van der Waals surface area contributed by atoms with Crippen molar-refractivity contribution in [2.24, 2.45) is 22.7 Å². The van der Waals surface area contributed by atoms with Crippen molar-refractivity contribution in [1.29, 1.82) is 0 Å². The molecule has 2 heterocycles. The van der Waals surface area contributed by atoms with Crippen molar-refractivity contribution in [1.82, 2.24) is 0 Å². The van der Waals surface area contributed by atoms with E-state index in [-0.39, 0.29) is 41.4 Å². The van der Waals surface area contributed by atoms with E-state index in [9.17, 15) is 9.59 Å². The molecule has 0 aromatic carbocycles. The maximum atomic E-state index is 12.5. The van der Waals surface area contributed by atoms with Gasteiger partial charge in [0.15, 0.2) is 0 Å². The monoisotopic (exact) mass is 316 g/mol. The first kappa shape index (κ1) is 15.0. The van der Waals surface area contributed by atoms with Crippen LogP contribution in [0.4, 0.5) is 0 Å². The Morgan fingerprint density at radius 2 is 1.83 bits per heavy atom. The maximum absolute atomic E-state index is 12.5. The second-order valence-corrected chi connectivity index (χ2v) is 8.32. The van der Waals surface area contributed by atoms with E-state index in [1.165, 1.54) is 0 Å². The van der Waals surface area contributed by atoms with Crippen molar-refractivity contribution in [3.05, 3.63) is 23.3 Å². The molecule has 4 heteroatoms. The number of esters is 2. The van der Waals surface area contributed by atoms with Crippen LogP contribution in [-0.4, -0.2) is 24.1 Å². The average Bonchev–Trinajstić information content (AvgIpc) is 2.72. The summed E-state index contributed by atoms with van der Waals surface area (Å²) in [6, 6.07) is 0. The minimum absolute atomic E-state index is 0.0807. The Morgan fingerprint density at radius 3 is 2.52 bits per heavy atom. The second-order valence-electron chi connectivity index (χ2n) is 8.32. The molecular weight excluding hydrogens is 292 g/mol. The Kier molecular flexibility index (Phi) is 2.92. The summed E-state index contributed by atoms with van der Waals surface area (Å²) in [7, 11) is 0. The summed E-state index contributed by atoms with van der Waals surface area (Å²) in [5.74, 6) is -0.0259. The predicted octanol–water partition coefficient (Wildman–Crippen LogP) is 3.17. The SMILES string of the molecule is CC(C)[C@H]1OC(=O)C=C2C1=C[C@H]1OC(=O)[C@@]3(C)CCC[C@@]2(C)[C@H]13. The van der Waals surface area contributed by atoms with Crippen molar-refractivity contribution in [2.45, 2.75) is 59.2 Å². The Bertz CT molecular complexity index is 658. The summed E-state index contributed by atoms with van der Waals surface area (Å²) >= 11 is 0. The van der Waals surface area contributed by atoms with Gasteiger partial charge in [0.2, 0.25) is 0 Å². The molecule has 2 aliphatic carbocycles. The van der Waals surface area contributed by atoms with E-state index >= 15 is 0 Å². The molecule has 1 saturated heterocycles. The molecule has 0 N–H and O–H groups in total. The van der Waals surface area contributed by atoms with Crippen LogP contribution >= 0.6 is 0 Å². The number of ether oxygens (including phenoxy) is 2. The minimum Gasteiger partial charge on any atom is -0.457 e. The van der Waals surface area contributed by atoms with Gasteiger partial charge in [-0.1, -0.05) is 27.2 Å². The Morgan fingerprint density at radius 1 is 1.13 bits per heavy atom. The molecule has 0 unspecified atom stereocenters. The fraction of sp³-hybridized carbons (Fsp3) is 0.684. The Balaban J connectivity index is 1.92. The molecule has 2 fully saturated rings. The van der Waals surface area contributed by atoms with Gasteiger partial charge in [0.1, 0.15) is 12.2 Å². The van der Waals surface area contributed by atoms with Crippen molar-refractivity contribution in [2.75, 3.05) is 0 Å². The van der Waals surface area contributed by atoms with E-state index in [2.05, 4.69) is 26.8 Å². The molecule has 124 valence electrons. The molecule has 2 aliphatic heterocycles. The molecule has 0 spiro atoms. The zero-order valence-corrected chi connectivity index (χ0v) is 14.2. The predicted molar refractivity (Wildman–Crippen MR) is 84.3 cm³/mol.